The van der Waals surface area contributed by atoms with Crippen LogP contribution in [0.5, 0.6) is 5.75 Å². The molecule has 8 heteroatoms. The molecule has 0 unspecified atom stereocenters. The van der Waals surface area contributed by atoms with Crippen molar-refractivity contribution in [1.29, 1.82) is 0 Å². The van der Waals surface area contributed by atoms with E-state index in [1.54, 1.807) is 24.3 Å². The molecule has 0 aliphatic rings. The first kappa shape index (κ1) is 17.4. The van der Waals surface area contributed by atoms with Gasteiger partial charge < -0.3 is 4.74 Å². The highest BCUT2D eigenvalue weighted by Gasteiger charge is 2.09. The number of halogens is 2. The number of para-hydroxylation sites is 1. The lowest BCUT2D eigenvalue weighted by Crippen LogP contribution is -2.41. The molecule has 1 aromatic heterocycles. The lowest BCUT2D eigenvalue weighted by molar-refractivity contribution is -0.122. The molecule has 1 aromatic carbocycles. The fourth-order valence-electron chi connectivity index (χ4n) is 1.66. The van der Waals surface area contributed by atoms with Gasteiger partial charge in [-0.1, -0.05) is 12.1 Å². The number of hydrazine groups is 1. The van der Waals surface area contributed by atoms with Gasteiger partial charge in [-0.05, 0) is 46.6 Å². The van der Waals surface area contributed by atoms with Crippen LogP contribution in [-0.2, 0) is 4.79 Å². The summed E-state index contributed by atoms with van der Waals surface area (Å²) < 4.78 is 19.4. The molecule has 0 fully saturated rings. The number of hydrogen-bond acceptors (Lipinski definition) is 4. The van der Waals surface area contributed by atoms with Crippen molar-refractivity contribution >= 4 is 39.1 Å². The van der Waals surface area contributed by atoms with Gasteiger partial charge in [-0.3, -0.25) is 20.4 Å². The van der Waals surface area contributed by atoms with Crippen LogP contribution in [0.1, 0.15) is 22.5 Å². The van der Waals surface area contributed by atoms with Gasteiger partial charge in [0.2, 0.25) is 5.91 Å². The predicted molar refractivity (Wildman–Crippen MR) is 88.8 cm³/mol. The highest BCUT2D eigenvalue weighted by atomic mass is 79.9. The number of nitrogens with one attached hydrogen (secondary N) is 2. The first-order chi connectivity index (χ1) is 11.1. The number of carbonyl (C=O) groups is 2. The average molecular weight is 401 g/mol. The van der Waals surface area contributed by atoms with Gasteiger partial charge in [0.15, 0.2) is 11.6 Å². The second-order valence-corrected chi connectivity index (χ2v) is 6.95. The van der Waals surface area contributed by atoms with Gasteiger partial charge in [0.05, 0.1) is 15.3 Å². The molecular weight excluding hydrogens is 387 g/mol. The molecule has 0 atom stereocenters. The van der Waals surface area contributed by atoms with Crippen LogP contribution < -0.4 is 15.6 Å². The molecule has 2 N–H and O–H groups in total. The zero-order valence-corrected chi connectivity index (χ0v) is 14.4. The number of benzene rings is 1. The quantitative estimate of drug-likeness (QED) is 0.577. The normalized spacial score (nSPS) is 10.2. The van der Waals surface area contributed by atoms with E-state index >= 15 is 0 Å². The highest BCUT2D eigenvalue weighted by molar-refractivity contribution is 9.11. The largest absolute Gasteiger partial charge is 0.491 e. The number of carbonyl (C=O) groups excluding carboxylic acids is 2. The van der Waals surface area contributed by atoms with E-state index in [0.717, 1.165) is 3.79 Å². The second kappa shape index (κ2) is 8.64. The smallest absolute Gasteiger partial charge is 0.279 e. The van der Waals surface area contributed by atoms with Crippen LogP contribution >= 0.6 is 27.3 Å². The number of ether oxygens (including phenoxy) is 1. The van der Waals surface area contributed by atoms with Gasteiger partial charge in [-0.2, -0.15) is 0 Å². The summed E-state index contributed by atoms with van der Waals surface area (Å²) in [5, 5.41) is 0. The maximum absolute atomic E-state index is 13.3. The summed E-state index contributed by atoms with van der Waals surface area (Å²) in [5.41, 5.74) is 4.65. The van der Waals surface area contributed by atoms with Crippen molar-refractivity contribution in [3.63, 3.8) is 0 Å². The molecule has 2 amide bonds. The first-order valence-electron chi connectivity index (χ1n) is 6.78. The van der Waals surface area contributed by atoms with Crippen molar-refractivity contribution in [3.8, 4) is 5.75 Å². The molecule has 0 aliphatic carbocycles. The van der Waals surface area contributed by atoms with Gasteiger partial charge in [-0.15, -0.1) is 11.3 Å². The van der Waals surface area contributed by atoms with E-state index in [0.29, 0.717) is 11.3 Å². The van der Waals surface area contributed by atoms with Crippen LogP contribution in [-0.4, -0.2) is 18.4 Å². The summed E-state index contributed by atoms with van der Waals surface area (Å²) in [5.74, 6) is -1.00. The fourth-order valence-corrected chi connectivity index (χ4v) is 2.94. The zero-order chi connectivity index (χ0) is 16.7. The Morgan fingerprint density at radius 2 is 1.96 bits per heavy atom. The van der Waals surface area contributed by atoms with Crippen molar-refractivity contribution in [1.82, 2.24) is 10.9 Å². The molecule has 23 heavy (non-hydrogen) atoms. The molecule has 5 nitrogen and oxygen atoms in total. The zero-order valence-electron chi connectivity index (χ0n) is 12.0. The van der Waals surface area contributed by atoms with E-state index in [4.69, 9.17) is 4.74 Å². The Hall–Kier alpha value is -1.93. The maximum atomic E-state index is 13.3. The first-order valence-corrected chi connectivity index (χ1v) is 8.39. The molecule has 0 aliphatic heterocycles. The number of amides is 2. The van der Waals surface area contributed by atoms with Crippen LogP contribution in [0.25, 0.3) is 0 Å². The van der Waals surface area contributed by atoms with Crippen molar-refractivity contribution in [2.24, 2.45) is 0 Å². The molecular formula is C15H14BrFN2O3S. The van der Waals surface area contributed by atoms with E-state index in [1.165, 1.54) is 23.5 Å². The topological polar surface area (TPSA) is 67.4 Å². The summed E-state index contributed by atoms with van der Waals surface area (Å²) in [6.45, 7) is 0.209. The summed E-state index contributed by atoms with van der Waals surface area (Å²) in [6, 6.07) is 9.48. The van der Waals surface area contributed by atoms with Gasteiger partial charge in [0.1, 0.15) is 0 Å². The molecule has 0 saturated heterocycles. The van der Waals surface area contributed by atoms with Crippen molar-refractivity contribution < 1.29 is 18.7 Å². The Kier molecular flexibility index (Phi) is 6.54. The molecule has 0 saturated carbocycles. The molecule has 0 radical (unpaired) electrons. The Morgan fingerprint density at radius 3 is 2.65 bits per heavy atom. The predicted octanol–water partition coefficient (Wildman–Crippen LogP) is 3.27. The molecule has 2 rings (SSSR count). The lowest BCUT2D eigenvalue weighted by atomic mass is 10.3. The number of hydrogen-bond donors (Lipinski definition) is 2. The van der Waals surface area contributed by atoms with E-state index in [-0.39, 0.29) is 30.6 Å². The Balaban J connectivity index is 1.64. The minimum Gasteiger partial charge on any atom is -0.491 e. The summed E-state index contributed by atoms with van der Waals surface area (Å²) in [6.07, 6.45) is 0.559. The Morgan fingerprint density at radius 1 is 1.17 bits per heavy atom. The standard InChI is InChI=1S/C15H14BrFN2O3S/c16-13-8-7-12(23-13)15(21)19-18-14(20)6-3-9-22-11-5-2-1-4-10(11)17/h1-2,4-5,7-8H,3,6,9H2,(H,18,20)(H,19,21). The van der Waals surface area contributed by atoms with Crippen LogP contribution in [0, 0.1) is 5.82 Å². The third-order valence-corrected chi connectivity index (χ3v) is 4.38. The van der Waals surface area contributed by atoms with Crippen molar-refractivity contribution in [2.45, 2.75) is 12.8 Å². The van der Waals surface area contributed by atoms with Crippen LogP contribution in [0.2, 0.25) is 0 Å². The Labute approximate surface area is 144 Å². The monoisotopic (exact) mass is 400 g/mol. The lowest BCUT2D eigenvalue weighted by Gasteiger charge is -2.08. The van der Waals surface area contributed by atoms with Crippen molar-refractivity contribution in [2.75, 3.05) is 6.61 Å². The van der Waals surface area contributed by atoms with Crippen LogP contribution in [0.3, 0.4) is 0 Å². The van der Waals surface area contributed by atoms with E-state index in [2.05, 4.69) is 26.8 Å². The third kappa shape index (κ3) is 5.65. The summed E-state index contributed by atoms with van der Waals surface area (Å²) >= 11 is 4.52. The highest BCUT2D eigenvalue weighted by Crippen LogP contribution is 2.21. The van der Waals surface area contributed by atoms with Crippen LogP contribution in [0.4, 0.5) is 4.39 Å². The number of rotatable bonds is 6. The second-order valence-electron chi connectivity index (χ2n) is 4.49. The Bertz CT molecular complexity index is 693. The summed E-state index contributed by atoms with van der Waals surface area (Å²) in [7, 11) is 0. The minimum absolute atomic E-state index is 0.156. The SMILES string of the molecule is O=C(CCCOc1ccccc1F)NNC(=O)c1ccc(Br)s1. The summed E-state index contributed by atoms with van der Waals surface area (Å²) in [4.78, 5) is 23.8. The van der Waals surface area contributed by atoms with E-state index in [9.17, 15) is 14.0 Å². The molecule has 2 aromatic rings. The van der Waals surface area contributed by atoms with Gasteiger partial charge in [0.25, 0.3) is 5.91 Å². The molecule has 0 bridgehead atoms. The van der Waals surface area contributed by atoms with E-state index in [1.807, 2.05) is 0 Å². The molecule has 1 heterocycles. The van der Waals surface area contributed by atoms with Gasteiger partial charge in [0, 0.05) is 6.42 Å². The van der Waals surface area contributed by atoms with E-state index < -0.39 is 5.82 Å². The fraction of sp³-hybridized carbons (Fsp3) is 0.200. The molecule has 122 valence electrons. The van der Waals surface area contributed by atoms with Crippen LogP contribution in [0.15, 0.2) is 40.2 Å². The van der Waals surface area contributed by atoms with Gasteiger partial charge >= 0.3 is 0 Å². The maximum Gasteiger partial charge on any atom is 0.279 e. The van der Waals surface area contributed by atoms with Gasteiger partial charge in [-0.25, -0.2) is 4.39 Å². The van der Waals surface area contributed by atoms with Crippen molar-refractivity contribution in [3.05, 3.63) is 50.9 Å². The third-order valence-electron chi connectivity index (χ3n) is 2.75. The minimum atomic E-state index is -0.439. The average Bonchev–Trinajstić information content (AvgIpc) is 2.97. The number of thiophene rings is 1. The molecule has 0 spiro atoms.